The van der Waals surface area contributed by atoms with Gasteiger partial charge in [0, 0.05) is 11.3 Å². The van der Waals surface area contributed by atoms with Crippen molar-refractivity contribution in [2.45, 2.75) is 38.3 Å². The van der Waals surface area contributed by atoms with Gasteiger partial charge in [0.2, 0.25) is 0 Å². The van der Waals surface area contributed by atoms with Crippen molar-refractivity contribution < 1.29 is 53.8 Å². The van der Waals surface area contributed by atoms with Gasteiger partial charge in [0.05, 0.1) is 0 Å². The number of hydrogen-bond donors (Lipinski definition) is 1. The van der Waals surface area contributed by atoms with Crippen molar-refractivity contribution in [3.63, 3.8) is 0 Å². The number of aromatic nitrogens is 1. The quantitative estimate of drug-likeness (QED) is 0.409. The van der Waals surface area contributed by atoms with Crippen LogP contribution in [0.15, 0.2) is 30.3 Å². The van der Waals surface area contributed by atoms with Crippen LogP contribution in [0.5, 0.6) is 0 Å². The number of nitrogens with one attached hydrogen (secondary N) is 1. The highest BCUT2D eigenvalue weighted by Crippen LogP contribution is 2.53. The van der Waals surface area contributed by atoms with Crippen LogP contribution in [0.2, 0.25) is 0 Å². The Bertz CT molecular complexity index is 1040. The van der Waals surface area contributed by atoms with Crippen molar-refractivity contribution in [3.8, 4) is 0 Å². The van der Waals surface area contributed by atoms with Crippen LogP contribution < -0.4 is 5.32 Å². The number of carbonyl (C=O) groups excluding carboxylic acids is 2. The summed E-state index contributed by atoms with van der Waals surface area (Å²) < 4.78 is 121. The third-order valence-electron chi connectivity index (χ3n) is 4.48. The minimum absolute atomic E-state index is 0.229. The van der Waals surface area contributed by atoms with E-state index in [1.54, 1.807) is 0 Å². The van der Waals surface area contributed by atoms with E-state index in [-0.39, 0.29) is 16.8 Å². The van der Waals surface area contributed by atoms with Crippen LogP contribution in [0.3, 0.4) is 0 Å². The fourth-order valence-electron chi connectivity index (χ4n) is 2.91. The molecule has 0 bridgehead atoms. The molecule has 1 aromatic carbocycles. The molecule has 5 nitrogen and oxygen atoms in total. The molecule has 1 N–H and O–H groups in total. The average molecular weight is 502 g/mol. The van der Waals surface area contributed by atoms with Crippen LogP contribution in [0, 0.1) is 13.8 Å². The van der Waals surface area contributed by atoms with Gasteiger partial charge in [-0.2, -0.15) is 26.3 Å². The number of anilines is 1. The van der Waals surface area contributed by atoms with Gasteiger partial charge in [-0.3, -0.25) is 4.79 Å². The van der Waals surface area contributed by atoms with Crippen LogP contribution in [0.1, 0.15) is 37.7 Å². The van der Waals surface area contributed by atoms with Gasteiger partial charge in [0.15, 0.2) is 6.61 Å². The van der Waals surface area contributed by atoms with Gasteiger partial charge < -0.3 is 10.1 Å². The third kappa shape index (κ3) is 5.42. The number of benzene rings is 1. The Hall–Kier alpha value is -3.32. The Kier molecular flexibility index (Phi) is 7.53. The molecule has 0 radical (unpaired) electrons. The number of aryl methyl sites for hydroxylation is 2. The Morgan fingerprint density at radius 3 is 1.91 bits per heavy atom. The Balaban J connectivity index is 2.37. The maximum absolute atomic E-state index is 14.4. The summed E-state index contributed by atoms with van der Waals surface area (Å²) in [5.41, 5.74) is -9.20. The number of carbonyl (C=O) groups is 2. The van der Waals surface area contributed by atoms with Crippen molar-refractivity contribution in [1.82, 2.24) is 4.98 Å². The third-order valence-corrected chi connectivity index (χ3v) is 4.48. The molecule has 1 heterocycles. The first-order valence-electron chi connectivity index (χ1n) is 9.16. The molecule has 0 aliphatic heterocycles. The van der Waals surface area contributed by atoms with E-state index in [0.29, 0.717) is 12.1 Å². The predicted octanol–water partition coefficient (Wildman–Crippen LogP) is 5.66. The van der Waals surface area contributed by atoms with Crippen LogP contribution in [-0.4, -0.2) is 42.2 Å². The van der Waals surface area contributed by atoms with Crippen molar-refractivity contribution in [3.05, 3.63) is 58.4 Å². The number of esters is 1. The van der Waals surface area contributed by atoms with Crippen molar-refractivity contribution in [2.75, 3.05) is 11.9 Å². The number of halogens is 9. The second kappa shape index (κ2) is 9.50. The van der Waals surface area contributed by atoms with Gasteiger partial charge in [-0.05, 0) is 37.1 Å². The summed E-state index contributed by atoms with van der Waals surface area (Å²) in [7, 11) is 0. The highest BCUT2D eigenvalue weighted by molar-refractivity contribution is 6.04. The van der Waals surface area contributed by atoms with E-state index in [4.69, 9.17) is 0 Å². The second-order valence-corrected chi connectivity index (χ2v) is 6.99. The van der Waals surface area contributed by atoms with E-state index in [0.717, 1.165) is 32.0 Å². The Labute approximate surface area is 185 Å². The maximum atomic E-state index is 14.4. The van der Waals surface area contributed by atoms with Crippen LogP contribution >= 0.6 is 0 Å². The first-order valence-corrected chi connectivity index (χ1v) is 9.16. The lowest BCUT2D eigenvalue weighted by Crippen LogP contribution is -2.50. The average Bonchev–Trinajstić information content (AvgIpc) is 2.72. The standard InChI is InChI=1S/C20H15F9N2O3/c1-9-6-11(18(23,19(24,25)26)20(27,28)29)7-10(2)15(9)31-16(32)12-4-3-5-13(30-12)17(33)34-8-14(21)22/h3-7,14H,8H2,1-2H3,(H,31,32). The number of rotatable bonds is 6. The molecular formula is C20H15F9N2O3. The molecule has 0 aliphatic carbocycles. The number of amides is 1. The predicted molar refractivity (Wildman–Crippen MR) is 99.3 cm³/mol. The molecular weight excluding hydrogens is 487 g/mol. The van der Waals surface area contributed by atoms with E-state index < -0.39 is 59.9 Å². The molecule has 2 rings (SSSR count). The topological polar surface area (TPSA) is 68.3 Å². The summed E-state index contributed by atoms with van der Waals surface area (Å²) in [5.74, 6) is -2.30. The first kappa shape index (κ1) is 26.9. The zero-order chi connectivity index (χ0) is 26.1. The summed E-state index contributed by atoms with van der Waals surface area (Å²) in [6.07, 6.45) is -15.6. The normalized spacial score (nSPS) is 12.6. The lowest BCUT2D eigenvalue weighted by Gasteiger charge is -2.31. The molecule has 0 saturated heterocycles. The Morgan fingerprint density at radius 2 is 1.44 bits per heavy atom. The molecule has 34 heavy (non-hydrogen) atoms. The maximum Gasteiger partial charge on any atom is 0.435 e. The summed E-state index contributed by atoms with van der Waals surface area (Å²) >= 11 is 0. The van der Waals surface area contributed by atoms with Gasteiger partial charge in [0.25, 0.3) is 12.3 Å². The second-order valence-electron chi connectivity index (χ2n) is 6.99. The van der Waals surface area contributed by atoms with Gasteiger partial charge in [-0.15, -0.1) is 0 Å². The molecule has 1 aromatic heterocycles. The summed E-state index contributed by atoms with van der Waals surface area (Å²) in [6.45, 7) is 0.878. The highest BCUT2D eigenvalue weighted by Gasteiger charge is 2.73. The molecule has 0 saturated carbocycles. The van der Waals surface area contributed by atoms with E-state index in [9.17, 15) is 49.1 Å². The fourth-order valence-corrected chi connectivity index (χ4v) is 2.91. The minimum atomic E-state index is -6.31. The monoisotopic (exact) mass is 502 g/mol. The molecule has 0 aliphatic rings. The largest absolute Gasteiger partial charge is 0.455 e. The summed E-state index contributed by atoms with van der Waals surface area (Å²) in [5, 5.41) is 2.21. The van der Waals surface area contributed by atoms with Gasteiger partial charge in [-0.1, -0.05) is 18.2 Å². The lowest BCUT2D eigenvalue weighted by molar-refractivity contribution is -0.348. The van der Waals surface area contributed by atoms with E-state index in [1.807, 2.05) is 0 Å². The van der Waals surface area contributed by atoms with Crippen LogP contribution in [-0.2, 0) is 10.4 Å². The van der Waals surface area contributed by atoms with Crippen molar-refractivity contribution in [2.24, 2.45) is 0 Å². The summed E-state index contributed by atoms with van der Waals surface area (Å²) in [6, 6.07) is 3.92. The van der Waals surface area contributed by atoms with E-state index >= 15 is 0 Å². The number of pyridine rings is 1. The van der Waals surface area contributed by atoms with Crippen LogP contribution in [0.4, 0.5) is 45.2 Å². The summed E-state index contributed by atoms with van der Waals surface area (Å²) in [4.78, 5) is 27.8. The fraction of sp³-hybridized carbons (Fsp3) is 0.350. The first-order chi connectivity index (χ1) is 15.5. The molecule has 14 heteroatoms. The highest BCUT2D eigenvalue weighted by atomic mass is 19.4. The zero-order valence-corrected chi connectivity index (χ0v) is 17.2. The van der Waals surface area contributed by atoms with E-state index in [1.165, 1.54) is 0 Å². The number of nitrogens with zero attached hydrogens (tertiary/aromatic N) is 1. The van der Waals surface area contributed by atoms with Gasteiger partial charge in [-0.25, -0.2) is 22.9 Å². The molecule has 0 fully saturated rings. The number of hydrogen-bond acceptors (Lipinski definition) is 4. The molecule has 2 aromatic rings. The van der Waals surface area contributed by atoms with E-state index in [2.05, 4.69) is 15.0 Å². The van der Waals surface area contributed by atoms with Crippen molar-refractivity contribution >= 4 is 17.6 Å². The number of ether oxygens (including phenoxy) is 1. The van der Waals surface area contributed by atoms with Crippen molar-refractivity contribution in [1.29, 1.82) is 0 Å². The molecule has 0 atom stereocenters. The Morgan fingerprint density at radius 1 is 0.941 bits per heavy atom. The van der Waals surface area contributed by atoms with Gasteiger partial charge >= 0.3 is 24.0 Å². The minimum Gasteiger partial charge on any atom is -0.455 e. The number of alkyl halides is 9. The molecule has 0 unspecified atom stereocenters. The zero-order valence-electron chi connectivity index (χ0n) is 17.2. The SMILES string of the molecule is Cc1cc(C(F)(C(F)(F)F)C(F)(F)F)cc(C)c1NC(=O)c1cccc(C(=O)OCC(F)F)n1. The van der Waals surface area contributed by atoms with Gasteiger partial charge in [0.1, 0.15) is 11.4 Å². The molecule has 0 spiro atoms. The smallest absolute Gasteiger partial charge is 0.435 e. The lowest BCUT2D eigenvalue weighted by atomic mass is 9.90. The van der Waals surface area contributed by atoms with Crippen LogP contribution in [0.25, 0.3) is 0 Å². The molecule has 186 valence electrons. The molecule has 1 amide bonds.